The number of methoxy groups -OCH3 is 3. The van der Waals surface area contributed by atoms with Crippen molar-refractivity contribution < 1.29 is 23.7 Å². The molecule has 1 atom stereocenters. The van der Waals surface area contributed by atoms with Gasteiger partial charge in [-0.25, -0.2) is 0 Å². The van der Waals surface area contributed by atoms with Crippen LogP contribution in [0.2, 0.25) is 0 Å². The van der Waals surface area contributed by atoms with Gasteiger partial charge in [-0.05, 0) is 41.7 Å². The molecule has 2 aromatic carbocycles. The van der Waals surface area contributed by atoms with Gasteiger partial charge in [-0.15, -0.1) is 0 Å². The minimum absolute atomic E-state index is 0.131. The van der Waals surface area contributed by atoms with Gasteiger partial charge in [-0.1, -0.05) is 26.0 Å². The molecule has 0 bridgehead atoms. The number of rotatable bonds is 5. The van der Waals surface area contributed by atoms with Gasteiger partial charge in [0.1, 0.15) is 5.75 Å². The number of hydrogen-bond donors (Lipinski definition) is 0. The lowest BCUT2D eigenvalue weighted by molar-refractivity contribution is -0.135. The first kappa shape index (κ1) is 19.1. The molecule has 5 heteroatoms. The van der Waals surface area contributed by atoms with E-state index in [2.05, 4.69) is 19.9 Å². The zero-order valence-corrected chi connectivity index (χ0v) is 16.7. The summed E-state index contributed by atoms with van der Waals surface area (Å²) in [6.45, 7) is 6.25. The Kier molecular flexibility index (Phi) is 5.31. The predicted molar refractivity (Wildman–Crippen MR) is 103 cm³/mol. The number of carbonyl (C=O) groups excluding carboxylic acids is 1. The molecule has 1 unspecified atom stereocenters. The zero-order valence-electron chi connectivity index (χ0n) is 16.7. The van der Waals surface area contributed by atoms with Gasteiger partial charge in [0.2, 0.25) is 5.75 Å². The Morgan fingerprint density at radius 2 is 1.67 bits per heavy atom. The van der Waals surface area contributed by atoms with Gasteiger partial charge in [-0.3, -0.25) is 4.79 Å². The Morgan fingerprint density at radius 3 is 2.19 bits per heavy atom. The van der Waals surface area contributed by atoms with Crippen molar-refractivity contribution in [3.63, 3.8) is 0 Å². The van der Waals surface area contributed by atoms with Crippen molar-refractivity contribution in [3.8, 4) is 23.0 Å². The number of fused-ring (bicyclic) bond motifs is 1. The van der Waals surface area contributed by atoms with Crippen molar-refractivity contribution >= 4 is 5.97 Å². The molecule has 0 aliphatic carbocycles. The van der Waals surface area contributed by atoms with Crippen molar-refractivity contribution in [1.29, 1.82) is 0 Å². The molecule has 3 rings (SSSR count). The zero-order chi connectivity index (χ0) is 19.7. The summed E-state index contributed by atoms with van der Waals surface area (Å²) >= 11 is 0. The summed E-state index contributed by atoms with van der Waals surface area (Å²) < 4.78 is 22.1. The lowest BCUT2D eigenvalue weighted by atomic mass is 9.81. The molecule has 0 N–H and O–H groups in total. The Labute approximate surface area is 160 Å². The minimum atomic E-state index is -0.228. The predicted octanol–water partition coefficient (Wildman–Crippen LogP) is 4.59. The summed E-state index contributed by atoms with van der Waals surface area (Å²) in [4.78, 5) is 12.4. The minimum Gasteiger partial charge on any atom is -0.493 e. The van der Waals surface area contributed by atoms with Crippen molar-refractivity contribution in [1.82, 2.24) is 0 Å². The quantitative estimate of drug-likeness (QED) is 0.569. The number of benzene rings is 2. The fourth-order valence-corrected chi connectivity index (χ4v) is 3.73. The number of hydrogen-bond acceptors (Lipinski definition) is 5. The van der Waals surface area contributed by atoms with E-state index in [1.54, 1.807) is 21.3 Å². The summed E-state index contributed by atoms with van der Waals surface area (Å²) in [7, 11) is 4.75. The third-order valence-corrected chi connectivity index (χ3v) is 5.09. The van der Waals surface area contributed by atoms with Crippen LogP contribution in [0.4, 0.5) is 0 Å². The Bertz CT molecular complexity index is 844. The van der Waals surface area contributed by atoms with Gasteiger partial charge in [0.15, 0.2) is 11.5 Å². The van der Waals surface area contributed by atoms with Gasteiger partial charge in [0.05, 0.1) is 27.8 Å². The molecular weight excluding hydrogens is 344 g/mol. The van der Waals surface area contributed by atoms with Gasteiger partial charge in [-0.2, -0.15) is 0 Å². The highest BCUT2D eigenvalue weighted by atomic mass is 16.5. The fourth-order valence-electron chi connectivity index (χ4n) is 3.73. The topological polar surface area (TPSA) is 54.0 Å². The average Bonchev–Trinajstić information content (AvgIpc) is 2.65. The highest BCUT2D eigenvalue weighted by Gasteiger charge is 2.33. The number of ether oxygens (including phenoxy) is 4. The molecule has 0 spiro atoms. The maximum atomic E-state index is 12.4. The summed E-state index contributed by atoms with van der Waals surface area (Å²) in [6.07, 6.45) is 0.272. The fraction of sp³-hybridized carbons (Fsp3) is 0.409. The summed E-state index contributed by atoms with van der Waals surface area (Å²) in [5, 5.41) is 0. The van der Waals surface area contributed by atoms with E-state index >= 15 is 0 Å². The van der Waals surface area contributed by atoms with E-state index in [9.17, 15) is 4.79 Å². The van der Waals surface area contributed by atoms with Crippen LogP contribution in [-0.4, -0.2) is 27.3 Å². The highest BCUT2D eigenvalue weighted by molar-refractivity contribution is 5.79. The normalized spacial score (nSPS) is 16.0. The summed E-state index contributed by atoms with van der Waals surface area (Å²) in [5.74, 6) is 2.28. The molecule has 0 aromatic heterocycles. The maximum absolute atomic E-state index is 12.4. The monoisotopic (exact) mass is 370 g/mol. The third-order valence-electron chi connectivity index (χ3n) is 5.09. The molecule has 1 aliphatic heterocycles. The van der Waals surface area contributed by atoms with E-state index in [4.69, 9.17) is 18.9 Å². The van der Waals surface area contributed by atoms with E-state index in [1.807, 2.05) is 25.1 Å². The first-order valence-corrected chi connectivity index (χ1v) is 9.05. The van der Waals surface area contributed by atoms with Crippen LogP contribution >= 0.6 is 0 Å². The summed E-state index contributed by atoms with van der Waals surface area (Å²) in [5.41, 5.74) is 4.13. The second kappa shape index (κ2) is 7.51. The SMILES string of the molecule is COc1cc(C2CC(=O)Oc3c(C(C)C)ccc(C)c32)cc(OC)c1OC. The first-order valence-electron chi connectivity index (χ1n) is 9.05. The molecule has 1 aliphatic rings. The van der Waals surface area contributed by atoms with Crippen LogP contribution in [0.15, 0.2) is 24.3 Å². The number of aryl methyl sites for hydroxylation is 1. The van der Waals surface area contributed by atoms with Crippen LogP contribution < -0.4 is 18.9 Å². The lowest BCUT2D eigenvalue weighted by Crippen LogP contribution is -2.23. The Balaban J connectivity index is 2.23. The lowest BCUT2D eigenvalue weighted by Gasteiger charge is -2.30. The van der Waals surface area contributed by atoms with Gasteiger partial charge < -0.3 is 18.9 Å². The van der Waals surface area contributed by atoms with E-state index in [0.717, 1.165) is 22.3 Å². The molecule has 0 amide bonds. The van der Waals surface area contributed by atoms with Crippen LogP contribution in [0.1, 0.15) is 54.4 Å². The van der Waals surface area contributed by atoms with Crippen molar-refractivity contribution in [3.05, 3.63) is 46.5 Å². The highest BCUT2D eigenvalue weighted by Crippen LogP contribution is 2.48. The van der Waals surface area contributed by atoms with Crippen LogP contribution in [0.5, 0.6) is 23.0 Å². The smallest absolute Gasteiger partial charge is 0.312 e. The molecule has 0 saturated carbocycles. The maximum Gasteiger partial charge on any atom is 0.312 e. The first-order chi connectivity index (χ1) is 12.9. The standard InChI is InChI=1S/C22H26O5/c1-12(2)15-8-7-13(3)20-16(11-19(23)27-21(15)20)14-9-17(24-4)22(26-6)18(10-14)25-5/h7-10,12,16H,11H2,1-6H3. The van der Waals surface area contributed by atoms with E-state index in [-0.39, 0.29) is 24.2 Å². The van der Waals surface area contributed by atoms with Crippen LogP contribution in [0, 0.1) is 6.92 Å². The molecule has 27 heavy (non-hydrogen) atoms. The molecular formula is C22H26O5. The van der Waals surface area contributed by atoms with Crippen LogP contribution in [0.25, 0.3) is 0 Å². The summed E-state index contributed by atoms with van der Waals surface area (Å²) in [6, 6.07) is 7.97. The van der Waals surface area contributed by atoms with Crippen LogP contribution in [-0.2, 0) is 4.79 Å². The number of carbonyl (C=O) groups is 1. The van der Waals surface area contributed by atoms with Gasteiger partial charge in [0.25, 0.3) is 0 Å². The molecule has 0 fully saturated rings. The van der Waals surface area contributed by atoms with Gasteiger partial charge in [0, 0.05) is 11.5 Å². The molecule has 2 aromatic rings. The van der Waals surface area contributed by atoms with Crippen molar-refractivity contribution in [2.75, 3.05) is 21.3 Å². The second-order valence-electron chi connectivity index (χ2n) is 7.06. The van der Waals surface area contributed by atoms with Gasteiger partial charge >= 0.3 is 5.97 Å². The third kappa shape index (κ3) is 3.34. The molecule has 5 nitrogen and oxygen atoms in total. The second-order valence-corrected chi connectivity index (χ2v) is 7.06. The van der Waals surface area contributed by atoms with Crippen molar-refractivity contribution in [2.45, 2.75) is 39.0 Å². The van der Waals surface area contributed by atoms with E-state index < -0.39 is 0 Å². The molecule has 0 radical (unpaired) electrons. The van der Waals surface area contributed by atoms with Crippen LogP contribution in [0.3, 0.4) is 0 Å². The van der Waals surface area contributed by atoms with E-state index in [1.165, 1.54) is 0 Å². The number of esters is 1. The van der Waals surface area contributed by atoms with Crippen molar-refractivity contribution in [2.24, 2.45) is 0 Å². The molecule has 0 saturated heterocycles. The molecule has 1 heterocycles. The largest absolute Gasteiger partial charge is 0.493 e. The molecule has 144 valence electrons. The van der Waals surface area contributed by atoms with E-state index in [0.29, 0.717) is 23.0 Å². The average molecular weight is 370 g/mol. The Hall–Kier alpha value is -2.69. The Morgan fingerprint density at radius 1 is 1.04 bits per heavy atom.